The second-order valence-electron chi connectivity index (χ2n) is 12.5. The van der Waals surface area contributed by atoms with E-state index in [0.29, 0.717) is 5.89 Å². The fraction of sp³-hybridized carbons (Fsp3) is 0.0714. The van der Waals surface area contributed by atoms with E-state index >= 15 is 0 Å². The molecule has 0 N–H and O–H groups in total. The zero-order chi connectivity index (χ0) is 30.1. The number of oxazole rings is 1. The Hall–Kier alpha value is -5.67. The van der Waals surface area contributed by atoms with Crippen molar-refractivity contribution in [1.29, 1.82) is 0 Å². The van der Waals surface area contributed by atoms with Crippen LogP contribution in [0.15, 0.2) is 150 Å². The number of hydrogen-bond donors (Lipinski definition) is 0. The maximum atomic E-state index is 6.29. The standard InChI is InChI=1S/C42H30N2O/c1-42(2)36-15-9-14-35(41-43-38-16-7-8-17-39(38)45-41)40(36)34-23-22-33(26-37(34)42)44(31-20-18-27-10-3-5-12-29(27)24-31)32-21-19-28-11-4-6-13-30(28)25-32/h3-26H,1-2H3. The maximum Gasteiger partial charge on any atom is 0.227 e. The molecule has 7 aromatic carbocycles. The Labute approximate surface area is 262 Å². The summed E-state index contributed by atoms with van der Waals surface area (Å²) in [6.45, 7) is 4.65. The summed E-state index contributed by atoms with van der Waals surface area (Å²) in [6, 6.07) is 52.1. The summed E-state index contributed by atoms with van der Waals surface area (Å²) in [5.41, 5.74) is 10.9. The molecule has 1 aliphatic rings. The summed E-state index contributed by atoms with van der Waals surface area (Å²) in [5.74, 6) is 0.662. The van der Waals surface area contributed by atoms with E-state index in [1.807, 2.05) is 24.3 Å². The second-order valence-corrected chi connectivity index (χ2v) is 12.5. The van der Waals surface area contributed by atoms with Crippen molar-refractivity contribution in [2.24, 2.45) is 0 Å². The summed E-state index contributed by atoms with van der Waals surface area (Å²) < 4.78 is 6.29. The number of benzene rings is 7. The van der Waals surface area contributed by atoms with Gasteiger partial charge in [0.2, 0.25) is 5.89 Å². The zero-order valence-corrected chi connectivity index (χ0v) is 25.2. The molecule has 8 aromatic rings. The van der Waals surface area contributed by atoms with E-state index in [1.165, 1.54) is 43.8 Å². The normalized spacial score (nSPS) is 13.3. The largest absolute Gasteiger partial charge is 0.436 e. The summed E-state index contributed by atoms with van der Waals surface area (Å²) >= 11 is 0. The predicted molar refractivity (Wildman–Crippen MR) is 187 cm³/mol. The minimum Gasteiger partial charge on any atom is -0.436 e. The molecule has 3 nitrogen and oxygen atoms in total. The molecule has 0 unspecified atom stereocenters. The molecule has 45 heavy (non-hydrogen) atoms. The Kier molecular flexibility index (Phi) is 5.54. The highest BCUT2D eigenvalue weighted by Crippen LogP contribution is 2.53. The van der Waals surface area contributed by atoms with Gasteiger partial charge in [0.05, 0.1) is 0 Å². The van der Waals surface area contributed by atoms with Crippen LogP contribution in [-0.4, -0.2) is 4.98 Å². The molecule has 0 amide bonds. The van der Waals surface area contributed by atoms with Crippen LogP contribution < -0.4 is 4.90 Å². The molecule has 214 valence electrons. The number of fused-ring (bicyclic) bond motifs is 6. The lowest BCUT2D eigenvalue weighted by Crippen LogP contribution is -2.16. The lowest BCUT2D eigenvalue weighted by atomic mass is 9.82. The van der Waals surface area contributed by atoms with Gasteiger partial charge in [-0.1, -0.05) is 105 Å². The van der Waals surface area contributed by atoms with Crippen LogP contribution >= 0.6 is 0 Å². The van der Waals surface area contributed by atoms with Gasteiger partial charge < -0.3 is 9.32 Å². The van der Waals surface area contributed by atoms with Crippen LogP contribution in [0.1, 0.15) is 25.0 Å². The number of aromatic nitrogens is 1. The van der Waals surface area contributed by atoms with E-state index in [-0.39, 0.29) is 5.41 Å². The van der Waals surface area contributed by atoms with Crippen LogP contribution in [0, 0.1) is 0 Å². The fourth-order valence-corrected chi connectivity index (χ4v) is 7.16. The Morgan fingerprint density at radius 2 is 1.11 bits per heavy atom. The molecule has 0 atom stereocenters. The first kappa shape index (κ1) is 25.8. The van der Waals surface area contributed by atoms with Crippen molar-refractivity contribution >= 4 is 49.7 Å². The molecular weight excluding hydrogens is 548 g/mol. The average Bonchev–Trinajstić information content (AvgIpc) is 3.61. The van der Waals surface area contributed by atoms with Crippen molar-refractivity contribution in [1.82, 2.24) is 4.98 Å². The Balaban J connectivity index is 1.24. The Morgan fingerprint density at radius 3 is 1.80 bits per heavy atom. The molecule has 0 radical (unpaired) electrons. The van der Waals surface area contributed by atoms with Gasteiger partial charge in [-0.15, -0.1) is 0 Å². The number of hydrogen-bond acceptors (Lipinski definition) is 3. The predicted octanol–water partition coefficient (Wildman–Crippen LogP) is 11.6. The molecule has 0 aliphatic heterocycles. The van der Waals surface area contributed by atoms with E-state index in [1.54, 1.807) is 0 Å². The molecule has 0 spiro atoms. The van der Waals surface area contributed by atoms with E-state index < -0.39 is 0 Å². The van der Waals surface area contributed by atoms with Crippen LogP contribution in [0.25, 0.3) is 55.2 Å². The molecule has 9 rings (SSSR count). The Morgan fingerprint density at radius 1 is 0.511 bits per heavy atom. The molecule has 0 saturated carbocycles. The molecule has 1 heterocycles. The number of rotatable bonds is 4. The summed E-state index contributed by atoms with van der Waals surface area (Å²) in [6.07, 6.45) is 0. The Bertz CT molecular complexity index is 2320. The molecule has 1 aromatic heterocycles. The minimum absolute atomic E-state index is 0.207. The van der Waals surface area contributed by atoms with Crippen LogP contribution in [0.3, 0.4) is 0 Å². The van der Waals surface area contributed by atoms with Gasteiger partial charge in [0, 0.05) is 28.0 Å². The van der Waals surface area contributed by atoms with Gasteiger partial charge in [-0.05, 0) is 98.4 Å². The van der Waals surface area contributed by atoms with Crippen molar-refractivity contribution in [2.75, 3.05) is 4.90 Å². The van der Waals surface area contributed by atoms with Gasteiger partial charge >= 0.3 is 0 Å². The van der Waals surface area contributed by atoms with Gasteiger partial charge in [0.1, 0.15) is 5.52 Å². The first-order valence-corrected chi connectivity index (χ1v) is 15.5. The highest BCUT2D eigenvalue weighted by Gasteiger charge is 2.38. The lowest BCUT2D eigenvalue weighted by Gasteiger charge is -2.28. The first-order chi connectivity index (χ1) is 22.0. The van der Waals surface area contributed by atoms with Gasteiger partial charge in [0.25, 0.3) is 0 Å². The van der Waals surface area contributed by atoms with E-state index in [0.717, 1.165) is 33.7 Å². The smallest absolute Gasteiger partial charge is 0.227 e. The molecule has 3 heteroatoms. The monoisotopic (exact) mass is 578 g/mol. The first-order valence-electron chi connectivity index (χ1n) is 15.5. The van der Waals surface area contributed by atoms with E-state index in [4.69, 9.17) is 9.40 Å². The van der Waals surface area contributed by atoms with Crippen molar-refractivity contribution in [3.8, 4) is 22.6 Å². The third-order valence-corrected chi connectivity index (χ3v) is 9.45. The number of anilines is 3. The summed E-state index contributed by atoms with van der Waals surface area (Å²) in [7, 11) is 0. The zero-order valence-electron chi connectivity index (χ0n) is 25.2. The van der Waals surface area contributed by atoms with Crippen LogP contribution in [0.4, 0.5) is 17.1 Å². The fourth-order valence-electron chi connectivity index (χ4n) is 7.16. The summed E-state index contributed by atoms with van der Waals surface area (Å²) in [4.78, 5) is 7.27. The highest BCUT2D eigenvalue weighted by atomic mass is 16.3. The van der Waals surface area contributed by atoms with Gasteiger partial charge in [-0.25, -0.2) is 4.98 Å². The third-order valence-electron chi connectivity index (χ3n) is 9.45. The topological polar surface area (TPSA) is 29.3 Å². The molecule has 0 bridgehead atoms. The SMILES string of the molecule is CC1(C)c2cc(N(c3ccc4ccccc4c3)c3ccc4ccccc4c3)ccc2-c2c(-c3nc4ccccc4o3)cccc21. The molecule has 1 aliphatic carbocycles. The van der Waals surface area contributed by atoms with Gasteiger partial charge in [-0.3, -0.25) is 0 Å². The number of para-hydroxylation sites is 2. The van der Waals surface area contributed by atoms with Gasteiger partial charge in [0.15, 0.2) is 5.58 Å². The van der Waals surface area contributed by atoms with E-state index in [2.05, 4.69) is 140 Å². The second kappa shape index (κ2) is 9.67. The van der Waals surface area contributed by atoms with Crippen molar-refractivity contribution in [3.63, 3.8) is 0 Å². The van der Waals surface area contributed by atoms with E-state index in [9.17, 15) is 0 Å². The van der Waals surface area contributed by atoms with Crippen molar-refractivity contribution in [2.45, 2.75) is 19.3 Å². The van der Waals surface area contributed by atoms with Crippen LogP contribution in [-0.2, 0) is 5.41 Å². The molecule has 0 saturated heterocycles. The maximum absolute atomic E-state index is 6.29. The van der Waals surface area contributed by atoms with Crippen LogP contribution in [0.2, 0.25) is 0 Å². The highest BCUT2D eigenvalue weighted by molar-refractivity contribution is 5.96. The van der Waals surface area contributed by atoms with Crippen molar-refractivity contribution in [3.05, 3.63) is 157 Å². The quantitative estimate of drug-likeness (QED) is 0.208. The van der Waals surface area contributed by atoms with Gasteiger partial charge in [-0.2, -0.15) is 0 Å². The molecule has 0 fully saturated rings. The number of nitrogens with zero attached hydrogens (tertiary/aromatic N) is 2. The molecular formula is C42H30N2O. The lowest BCUT2D eigenvalue weighted by molar-refractivity contribution is 0.619. The van der Waals surface area contributed by atoms with Crippen LogP contribution in [0.5, 0.6) is 0 Å². The average molecular weight is 579 g/mol. The summed E-state index contributed by atoms with van der Waals surface area (Å²) in [5, 5.41) is 4.91. The van der Waals surface area contributed by atoms with Crippen molar-refractivity contribution < 1.29 is 4.42 Å². The third kappa shape index (κ3) is 4.01. The minimum atomic E-state index is -0.207.